The molecule has 1 atom stereocenters. The molecule has 0 saturated heterocycles. The third-order valence-corrected chi connectivity index (χ3v) is 4.92. The number of methoxy groups -OCH3 is 1. The third-order valence-electron chi connectivity index (χ3n) is 3.79. The lowest BCUT2D eigenvalue weighted by molar-refractivity contribution is -0.143. The van der Waals surface area contributed by atoms with Gasteiger partial charge in [0.1, 0.15) is 11.9 Å². The highest BCUT2D eigenvalue weighted by Gasteiger charge is 2.22. The molecule has 2 aromatic rings. The summed E-state index contributed by atoms with van der Waals surface area (Å²) in [6.07, 6.45) is 1.98. The molecule has 1 aromatic heterocycles. The van der Waals surface area contributed by atoms with Crippen molar-refractivity contribution >= 4 is 39.1 Å². The maximum atomic E-state index is 12.5. The average Bonchev–Trinajstić information content (AvgIpc) is 3.03. The molecule has 134 valence electrons. The van der Waals surface area contributed by atoms with Crippen LogP contribution in [0.3, 0.4) is 0 Å². The van der Waals surface area contributed by atoms with Crippen molar-refractivity contribution < 1.29 is 14.3 Å². The highest BCUT2D eigenvalue weighted by atomic mass is 32.1. The van der Waals surface area contributed by atoms with Crippen LogP contribution < -0.4 is 16.8 Å². The number of nitrogen functional groups attached to an aromatic ring is 1. The van der Waals surface area contributed by atoms with E-state index in [2.05, 4.69) is 5.32 Å². The van der Waals surface area contributed by atoms with Gasteiger partial charge in [-0.1, -0.05) is 6.07 Å². The molecule has 6 N–H and O–H groups in total. The predicted molar refractivity (Wildman–Crippen MR) is 99.0 cm³/mol. The Kier molecular flexibility index (Phi) is 6.49. The van der Waals surface area contributed by atoms with Gasteiger partial charge in [0.2, 0.25) is 0 Å². The molecular weight excluding hydrogens is 340 g/mol. The summed E-state index contributed by atoms with van der Waals surface area (Å²) in [7, 11) is 1.30. The standard InChI is InChI=1S/C17H22N4O3S/c1-24-17(23)12(4-2-3-7-18)21-16(22)11-6-5-10-8-14(15(19)20)25-13(10)9-11/h5-6,8-9,12H,2-4,7,18H2,1H3,(H3,19,20)(H,21,22)/t12-/m0/s1. The van der Waals surface area contributed by atoms with Crippen molar-refractivity contribution in [1.29, 1.82) is 5.41 Å². The Morgan fingerprint density at radius 2 is 2.08 bits per heavy atom. The number of esters is 1. The lowest BCUT2D eigenvalue weighted by atomic mass is 10.1. The van der Waals surface area contributed by atoms with E-state index < -0.39 is 12.0 Å². The second-order valence-corrected chi connectivity index (χ2v) is 6.69. The fraction of sp³-hybridized carbons (Fsp3) is 0.353. The zero-order valence-electron chi connectivity index (χ0n) is 14.0. The van der Waals surface area contributed by atoms with Gasteiger partial charge in [-0.15, -0.1) is 11.3 Å². The van der Waals surface area contributed by atoms with Crippen LogP contribution in [0, 0.1) is 5.41 Å². The number of unbranched alkanes of at least 4 members (excludes halogenated alkanes) is 1. The SMILES string of the molecule is COC(=O)[C@H](CCCCN)NC(=O)c1ccc2cc(C(=N)N)sc2c1. The van der Waals surface area contributed by atoms with Crippen molar-refractivity contribution in [1.82, 2.24) is 5.32 Å². The van der Waals surface area contributed by atoms with E-state index in [-0.39, 0.29) is 11.7 Å². The smallest absolute Gasteiger partial charge is 0.328 e. The zero-order chi connectivity index (χ0) is 18.4. The number of amidine groups is 1. The van der Waals surface area contributed by atoms with Crippen molar-refractivity contribution in [3.63, 3.8) is 0 Å². The zero-order valence-corrected chi connectivity index (χ0v) is 14.8. The Bertz CT molecular complexity index is 787. The minimum absolute atomic E-state index is 0.00198. The molecule has 0 bridgehead atoms. The highest BCUT2D eigenvalue weighted by Crippen LogP contribution is 2.26. The lowest BCUT2D eigenvalue weighted by Gasteiger charge is -2.16. The van der Waals surface area contributed by atoms with Gasteiger partial charge < -0.3 is 21.5 Å². The van der Waals surface area contributed by atoms with Crippen LogP contribution in [0.25, 0.3) is 10.1 Å². The van der Waals surface area contributed by atoms with Crippen molar-refractivity contribution in [3.05, 3.63) is 34.7 Å². The molecule has 25 heavy (non-hydrogen) atoms. The topological polar surface area (TPSA) is 131 Å². The Morgan fingerprint density at radius 1 is 1.32 bits per heavy atom. The second kappa shape index (κ2) is 8.59. The normalized spacial score (nSPS) is 11.9. The van der Waals surface area contributed by atoms with Gasteiger partial charge in [-0.25, -0.2) is 4.79 Å². The summed E-state index contributed by atoms with van der Waals surface area (Å²) in [5, 5.41) is 11.1. The summed E-state index contributed by atoms with van der Waals surface area (Å²) in [6.45, 7) is 0.537. The lowest BCUT2D eigenvalue weighted by Crippen LogP contribution is -2.41. The van der Waals surface area contributed by atoms with Crippen LogP contribution in [0.5, 0.6) is 0 Å². The van der Waals surface area contributed by atoms with Gasteiger partial charge >= 0.3 is 5.97 Å². The first-order valence-electron chi connectivity index (χ1n) is 7.93. The molecule has 7 nitrogen and oxygen atoms in total. The van der Waals surface area contributed by atoms with Gasteiger partial charge in [0.05, 0.1) is 12.0 Å². The molecule has 1 heterocycles. The number of carbonyl (C=O) groups is 2. The molecule has 0 unspecified atom stereocenters. The second-order valence-electron chi connectivity index (χ2n) is 5.61. The van der Waals surface area contributed by atoms with Crippen LogP contribution in [0.15, 0.2) is 24.3 Å². The van der Waals surface area contributed by atoms with Crippen LogP contribution in [0.4, 0.5) is 0 Å². The molecule has 0 fully saturated rings. The predicted octanol–water partition coefficient (Wildman–Crippen LogP) is 1.59. The van der Waals surface area contributed by atoms with E-state index in [0.717, 1.165) is 22.9 Å². The van der Waals surface area contributed by atoms with E-state index in [9.17, 15) is 9.59 Å². The Balaban J connectivity index is 2.15. The fourth-order valence-electron chi connectivity index (χ4n) is 2.43. The van der Waals surface area contributed by atoms with Crippen LogP contribution in [0.2, 0.25) is 0 Å². The van der Waals surface area contributed by atoms with Crippen LogP contribution in [0.1, 0.15) is 34.5 Å². The number of benzene rings is 1. The third kappa shape index (κ3) is 4.77. The number of nitrogens with two attached hydrogens (primary N) is 2. The first-order chi connectivity index (χ1) is 12.0. The Labute approximate surface area is 149 Å². The van der Waals surface area contributed by atoms with Crippen molar-refractivity contribution in [2.24, 2.45) is 11.5 Å². The first kappa shape index (κ1) is 18.9. The summed E-state index contributed by atoms with van der Waals surface area (Å²) in [6, 6.07) is 6.33. The van der Waals surface area contributed by atoms with Crippen molar-refractivity contribution in [2.75, 3.05) is 13.7 Å². The van der Waals surface area contributed by atoms with E-state index in [0.29, 0.717) is 23.4 Å². The van der Waals surface area contributed by atoms with E-state index in [4.69, 9.17) is 21.6 Å². The van der Waals surface area contributed by atoms with Crippen molar-refractivity contribution in [2.45, 2.75) is 25.3 Å². The summed E-state index contributed by atoms with van der Waals surface area (Å²) in [5.41, 5.74) is 11.4. The fourth-order valence-corrected chi connectivity index (χ4v) is 3.39. The Morgan fingerprint density at radius 3 is 2.72 bits per heavy atom. The monoisotopic (exact) mass is 362 g/mol. The van der Waals surface area contributed by atoms with Gasteiger partial charge in [-0.3, -0.25) is 10.2 Å². The molecule has 2 rings (SSSR count). The largest absolute Gasteiger partial charge is 0.467 e. The number of fused-ring (bicyclic) bond motifs is 1. The number of nitrogens with one attached hydrogen (secondary N) is 2. The summed E-state index contributed by atoms with van der Waals surface area (Å²) in [4.78, 5) is 25.0. The van der Waals surface area contributed by atoms with Crippen molar-refractivity contribution in [3.8, 4) is 0 Å². The average molecular weight is 362 g/mol. The number of rotatable bonds is 8. The Hall–Kier alpha value is -2.45. The molecule has 8 heteroatoms. The number of ether oxygens (including phenoxy) is 1. The van der Waals surface area contributed by atoms with Crippen LogP contribution in [-0.4, -0.2) is 37.4 Å². The maximum Gasteiger partial charge on any atom is 0.328 e. The van der Waals surface area contributed by atoms with E-state index in [1.807, 2.05) is 6.07 Å². The minimum atomic E-state index is -0.698. The molecule has 0 spiro atoms. The molecule has 1 amide bonds. The van der Waals surface area contributed by atoms with E-state index in [1.54, 1.807) is 18.2 Å². The van der Waals surface area contributed by atoms with Gasteiger partial charge in [0.25, 0.3) is 5.91 Å². The molecule has 0 aliphatic heterocycles. The summed E-state index contributed by atoms with van der Waals surface area (Å²) < 4.78 is 5.62. The summed E-state index contributed by atoms with van der Waals surface area (Å²) >= 11 is 1.35. The number of hydrogen-bond acceptors (Lipinski definition) is 6. The number of thiophene rings is 1. The van der Waals surface area contributed by atoms with Gasteiger partial charge in [0.15, 0.2) is 0 Å². The molecular formula is C17H22N4O3S. The highest BCUT2D eigenvalue weighted by molar-refractivity contribution is 7.20. The van der Waals surface area contributed by atoms with Gasteiger partial charge in [-0.05, 0) is 49.4 Å². The number of carbonyl (C=O) groups excluding carboxylic acids is 2. The first-order valence-corrected chi connectivity index (χ1v) is 8.74. The quantitative estimate of drug-likeness (QED) is 0.245. The number of amides is 1. The molecule has 0 aliphatic rings. The molecule has 0 radical (unpaired) electrons. The van der Waals surface area contributed by atoms with Gasteiger partial charge in [0, 0.05) is 10.3 Å². The van der Waals surface area contributed by atoms with E-state index >= 15 is 0 Å². The molecule has 0 aliphatic carbocycles. The minimum Gasteiger partial charge on any atom is -0.467 e. The number of hydrogen-bond donors (Lipinski definition) is 4. The maximum absolute atomic E-state index is 12.5. The van der Waals surface area contributed by atoms with Crippen LogP contribution in [-0.2, 0) is 9.53 Å². The van der Waals surface area contributed by atoms with Crippen LogP contribution >= 0.6 is 11.3 Å². The van der Waals surface area contributed by atoms with E-state index in [1.165, 1.54) is 18.4 Å². The molecule has 0 saturated carbocycles. The van der Waals surface area contributed by atoms with Gasteiger partial charge in [-0.2, -0.15) is 0 Å². The summed E-state index contributed by atoms with van der Waals surface area (Å²) in [5.74, 6) is -0.817. The molecule has 1 aromatic carbocycles.